The molecule has 0 spiro atoms. The van der Waals surface area contributed by atoms with E-state index in [9.17, 15) is 31.5 Å². The lowest BCUT2D eigenvalue weighted by Crippen LogP contribution is -2.31. The predicted molar refractivity (Wildman–Crippen MR) is 73.7 cm³/mol. The van der Waals surface area contributed by atoms with Crippen LogP contribution in [0.1, 0.15) is 39.0 Å². The monoisotopic (exact) mass is 356 g/mol. The van der Waals surface area contributed by atoms with Gasteiger partial charge in [0.25, 0.3) is 0 Å². The van der Waals surface area contributed by atoms with E-state index < -0.39 is 39.9 Å². The van der Waals surface area contributed by atoms with Crippen molar-refractivity contribution < 1.29 is 36.2 Å². The molecule has 0 aromatic carbocycles. The van der Waals surface area contributed by atoms with Gasteiger partial charge in [0, 0.05) is 5.57 Å². The molecular formula is C13H17F3NO5S-. The molecule has 2 atom stereocenters. The van der Waals surface area contributed by atoms with Crippen molar-refractivity contribution in [2.75, 3.05) is 0 Å². The predicted octanol–water partition coefficient (Wildman–Crippen LogP) is 1.66. The topological polar surface area (TPSA) is 95.9 Å². The minimum Gasteiger partial charge on any atom is -0.861 e. The summed E-state index contributed by atoms with van der Waals surface area (Å²) in [4.78, 5) is 11.4. The van der Waals surface area contributed by atoms with E-state index >= 15 is 0 Å². The zero-order valence-corrected chi connectivity index (χ0v) is 13.2. The van der Waals surface area contributed by atoms with Gasteiger partial charge in [-0.05, 0) is 50.8 Å². The average Bonchev–Trinajstić information content (AvgIpc) is 2.36. The number of esters is 1. The van der Waals surface area contributed by atoms with E-state index in [0.29, 0.717) is 19.3 Å². The van der Waals surface area contributed by atoms with Crippen LogP contribution in [0.4, 0.5) is 13.2 Å². The molecule has 1 fully saturated rings. The van der Waals surface area contributed by atoms with E-state index in [4.69, 9.17) is 4.74 Å². The van der Waals surface area contributed by atoms with Gasteiger partial charge in [-0.25, -0.2) is 4.79 Å². The molecular weight excluding hydrogens is 339 g/mol. The maximum Gasteiger partial charge on any atom is 0.518 e. The standard InChI is InChI=1S/C13H18F3NO5S/c1-8(2)12(19)22-10-5-3-4-9(6-10)7-11(18)17-23(20,21)13(14,15)16/h9-10H,1,3-7H2,2H3,(H,17,18)/p-1. The molecule has 1 rings (SSSR count). The van der Waals surface area contributed by atoms with Gasteiger partial charge in [-0.2, -0.15) is 26.0 Å². The first kappa shape index (κ1) is 19.5. The van der Waals surface area contributed by atoms with Crippen LogP contribution in [0, 0.1) is 5.92 Å². The molecule has 10 heteroatoms. The Morgan fingerprint density at radius 1 is 1.39 bits per heavy atom. The summed E-state index contributed by atoms with van der Waals surface area (Å²) in [5, 5.41) is 11.4. The fourth-order valence-electron chi connectivity index (χ4n) is 2.26. The molecule has 0 saturated heterocycles. The Balaban J connectivity index is 2.67. The van der Waals surface area contributed by atoms with Crippen molar-refractivity contribution in [1.29, 1.82) is 0 Å². The number of hydrogen-bond acceptors (Lipinski definition) is 5. The number of ether oxygens (including phenoxy) is 1. The van der Waals surface area contributed by atoms with E-state index in [1.165, 1.54) is 6.92 Å². The molecule has 6 nitrogen and oxygen atoms in total. The summed E-state index contributed by atoms with van der Waals surface area (Å²) in [7, 11) is -5.81. The van der Waals surface area contributed by atoms with Gasteiger partial charge in [0.1, 0.15) is 6.10 Å². The molecule has 0 aliphatic heterocycles. The third-order valence-corrected chi connectivity index (χ3v) is 4.36. The molecule has 0 aromatic heterocycles. The molecule has 1 aliphatic rings. The first-order valence-corrected chi connectivity index (χ1v) is 8.30. The van der Waals surface area contributed by atoms with Crippen LogP contribution in [0.3, 0.4) is 0 Å². The highest BCUT2D eigenvalue weighted by molar-refractivity contribution is 7.91. The largest absolute Gasteiger partial charge is 0.861 e. The highest BCUT2D eigenvalue weighted by Gasteiger charge is 2.45. The van der Waals surface area contributed by atoms with Crippen LogP contribution in [-0.2, 0) is 19.6 Å². The zero-order valence-electron chi connectivity index (χ0n) is 12.4. The number of carbonyl (C=O) groups is 1. The molecule has 0 radical (unpaired) electrons. The zero-order chi connectivity index (χ0) is 17.8. The lowest BCUT2D eigenvalue weighted by Gasteiger charge is -2.30. The second kappa shape index (κ2) is 7.33. The Hall–Kier alpha value is -1.58. The van der Waals surface area contributed by atoms with Crippen molar-refractivity contribution in [3.63, 3.8) is 0 Å². The summed E-state index contributed by atoms with van der Waals surface area (Å²) in [5.74, 6) is -2.31. The third-order valence-electron chi connectivity index (χ3n) is 3.33. The van der Waals surface area contributed by atoms with Crippen LogP contribution >= 0.6 is 0 Å². The molecule has 0 amide bonds. The smallest absolute Gasteiger partial charge is 0.518 e. The van der Waals surface area contributed by atoms with Crippen LogP contribution in [-0.4, -0.2) is 31.9 Å². The van der Waals surface area contributed by atoms with E-state index in [1.54, 1.807) is 0 Å². The molecule has 0 heterocycles. The van der Waals surface area contributed by atoms with Gasteiger partial charge in [0.15, 0.2) is 0 Å². The second-order valence-corrected chi connectivity index (χ2v) is 7.05. The summed E-state index contributed by atoms with van der Waals surface area (Å²) in [6.45, 7) is 4.91. The number of sulfonamides is 1. The second-order valence-electron chi connectivity index (χ2n) is 5.45. The first-order valence-electron chi connectivity index (χ1n) is 6.86. The Morgan fingerprint density at radius 2 is 2.00 bits per heavy atom. The third kappa shape index (κ3) is 5.85. The van der Waals surface area contributed by atoms with Crippen molar-refractivity contribution in [3.8, 4) is 0 Å². The molecule has 1 aliphatic carbocycles. The number of hydrogen-bond donors (Lipinski definition) is 0. The fourth-order valence-corrected chi connectivity index (χ4v) is 2.70. The van der Waals surface area contributed by atoms with Gasteiger partial charge in [-0.1, -0.05) is 6.58 Å². The van der Waals surface area contributed by atoms with E-state index in [-0.39, 0.29) is 17.9 Å². The minimum absolute atomic E-state index is 0.217. The summed E-state index contributed by atoms with van der Waals surface area (Å²) < 4.78 is 65.5. The number of alkyl halides is 3. The minimum atomic E-state index is -5.81. The number of carbonyl (C=O) groups excluding carboxylic acids is 1. The van der Waals surface area contributed by atoms with Crippen LogP contribution in [0.15, 0.2) is 16.5 Å². The van der Waals surface area contributed by atoms with Crippen LogP contribution in [0.25, 0.3) is 0 Å². The van der Waals surface area contributed by atoms with E-state index in [2.05, 4.69) is 11.0 Å². The summed E-state index contributed by atoms with van der Waals surface area (Å²) in [5.41, 5.74) is -5.37. The molecule has 0 aromatic rings. The van der Waals surface area contributed by atoms with Crippen LogP contribution in [0.5, 0.6) is 0 Å². The normalized spacial score (nSPS) is 23.4. The van der Waals surface area contributed by atoms with Gasteiger partial charge in [0.2, 0.25) is 0 Å². The average molecular weight is 356 g/mol. The molecule has 132 valence electrons. The summed E-state index contributed by atoms with van der Waals surface area (Å²) >= 11 is 0. The maximum atomic E-state index is 12.2. The number of rotatable bonds is 5. The summed E-state index contributed by atoms with van der Waals surface area (Å²) in [6.07, 6.45) is 1.07. The SMILES string of the molecule is C=C(C)C(=O)OC1CCCC(C/C([O-])=N\S(=O)(=O)C(F)(F)F)C1. The lowest BCUT2D eigenvalue weighted by atomic mass is 9.85. The molecule has 23 heavy (non-hydrogen) atoms. The Labute approximate surface area is 132 Å². The maximum absolute atomic E-state index is 12.2. The van der Waals surface area contributed by atoms with Gasteiger partial charge < -0.3 is 9.84 Å². The molecule has 2 unspecified atom stereocenters. The van der Waals surface area contributed by atoms with Crippen molar-refractivity contribution in [3.05, 3.63) is 12.2 Å². The molecule has 1 saturated carbocycles. The molecule has 0 N–H and O–H groups in total. The van der Waals surface area contributed by atoms with E-state index in [1.807, 2.05) is 0 Å². The highest BCUT2D eigenvalue weighted by Crippen LogP contribution is 2.30. The van der Waals surface area contributed by atoms with Gasteiger partial charge in [-0.15, -0.1) is 0 Å². The van der Waals surface area contributed by atoms with E-state index in [0.717, 1.165) is 0 Å². The highest BCUT2D eigenvalue weighted by atomic mass is 32.2. The Bertz CT molecular complexity index is 597. The van der Waals surface area contributed by atoms with Crippen molar-refractivity contribution >= 4 is 21.9 Å². The quantitative estimate of drug-likeness (QED) is 0.323. The fraction of sp³-hybridized carbons (Fsp3) is 0.692. The van der Waals surface area contributed by atoms with Crippen LogP contribution in [0.2, 0.25) is 0 Å². The van der Waals surface area contributed by atoms with Crippen molar-refractivity contribution in [1.82, 2.24) is 0 Å². The first-order chi connectivity index (χ1) is 10.4. The van der Waals surface area contributed by atoms with Gasteiger partial charge in [-0.3, -0.25) is 0 Å². The molecule has 0 bridgehead atoms. The van der Waals surface area contributed by atoms with Crippen molar-refractivity contribution in [2.45, 2.75) is 50.6 Å². The van der Waals surface area contributed by atoms with Gasteiger partial charge >= 0.3 is 21.5 Å². The van der Waals surface area contributed by atoms with Crippen molar-refractivity contribution in [2.24, 2.45) is 10.3 Å². The number of halogens is 3. The Morgan fingerprint density at radius 3 is 2.52 bits per heavy atom. The van der Waals surface area contributed by atoms with Crippen LogP contribution < -0.4 is 5.11 Å². The van der Waals surface area contributed by atoms with Gasteiger partial charge in [0.05, 0.1) is 0 Å². The summed E-state index contributed by atoms with van der Waals surface area (Å²) in [6, 6.07) is 0. The number of nitrogens with zero attached hydrogens (tertiary/aromatic N) is 1. The lowest BCUT2D eigenvalue weighted by molar-refractivity contribution is -0.219. The Kier molecular flexibility index (Phi) is 6.20.